The van der Waals surface area contributed by atoms with Crippen LogP contribution in [0.5, 0.6) is 0 Å². The first-order valence-corrected chi connectivity index (χ1v) is 10.6. The summed E-state index contributed by atoms with van der Waals surface area (Å²) >= 11 is 12.3. The minimum absolute atomic E-state index is 0.223. The highest BCUT2D eigenvalue weighted by molar-refractivity contribution is 6.36. The van der Waals surface area contributed by atoms with Crippen molar-refractivity contribution in [2.24, 2.45) is 11.5 Å². The molecule has 3 aromatic rings. The number of carbonyl (C=O) groups excluding carboxylic acids is 1. The fourth-order valence-electron chi connectivity index (χ4n) is 2.87. The molecule has 6 N–H and O–H groups in total. The van der Waals surface area contributed by atoms with Crippen LogP contribution in [0.3, 0.4) is 0 Å². The summed E-state index contributed by atoms with van der Waals surface area (Å²) in [5.41, 5.74) is 11.5. The molecule has 14 heteroatoms. The van der Waals surface area contributed by atoms with Gasteiger partial charge in [0, 0.05) is 35.4 Å². The second-order valence-electron chi connectivity index (χ2n) is 7.03. The third-order valence-corrected chi connectivity index (χ3v) is 5.05. The highest BCUT2D eigenvalue weighted by Gasteiger charge is 2.40. The van der Waals surface area contributed by atoms with Crippen LogP contribution in [0.15, 0.2) is 66.4 Å². The lowest BCUT2D eigenvalue weighted by Crippen LogP contribution is -2.28. The number of allylic oxidation sites excluding steroid dienone is 3. The van der Waals surface area contributed by atoms with Crippen molar-refractivity contribution in [3.05, 3.63) is 76.5 Å². The van der Waals surface area contributed by atoms with Gasteiger partial charge in [-0.2, -0.15) is 22.8 Å². The lowest BCUT2D eigenvalue weighted by atomic mass is 10.1. The van der Waals surface area contributed by atoms with Crippen LogP contribution in [0.1, 0.15) is 0 Å². The van der Waals surface area contributed by atoms with Crippen LogP contribution >= 0.6 is 23.2 Å². The number of nitrogens with two attached hydrogens (primary N) is 2. The van der Waals surface area contributed by atoms with Gasteiger partial charge in [-0.3, -0.25) is 4.79 Å². The number of nitrogens with zero attached hydrogens (tertiary/aromatic N) is 4. The summed E-state index contributed by atoms with van der Waals surface area (Å²) in [5.74, 6) is -2.52. The molecular formula is C21H19Cl2F3N8O. The minimum atomic E-state index is -5.10. The number of anilines is 1. The highest BCUT2D eigenvalue weighted by Crippen LogP contribution is 2.30. The van der Waals surface area contributed by atoms with Crippen molar-refractivity contribution in [1.82, 2.24) is 24.9 Å². The van der Waals surface area contributed by atoms with E-state index in [1.165, 1.54) is 10.8 Å². The molecule has 0 saturated carbocycles. The molecule has 0 spiro atoms. The van der Waals surface area contributed by atoms with Crippen LogP contribution in [0.2, 0.25) is 10.0 Å². The zero-order valence-electron chi connectivity index (χ0n) is 17.9. The molecule has 1 aromatic carbocycles. The first-order chi connectivity index (χ1) is 16.5. The van der Waals surface area contributed by atoms with Gasteiger partial charge in [0.25, 0.3) is 5.78 Å². The Morgan fingerprint density at radius 3 is 2.57 bits per heavy atom. The molecule has 0 aliphatic rings. The number of fused-ring (bicyclic) bond motifs is 1. The van der Waals surface area contributed by atoms with E-state index in [9.17, 15) is 18.0 Å². The van der Waals surface area contributed by atoms with Gasteiger partial charge in [-0.25, -0.2) is 9.97 Å². The Hall–Kier alpha value is -3.77. The Balaban J connectivity index is 1.66. The van der Waals surface area contributed by atoms with Crippen molar-refractivity contribution in [1.29, 1.82) is 0 Å². The van der Waals surface area contributed by atoms with Crippen molar-refractivity contribution in [2.45, 2.75) is 6.18 Å². The summed E-state index contributed by atoms with van der Waals surface area (Å²) in [5, 5.41) is 11.0. The summed E-state index contributed by atoms with van der Waals surface area (Å²) in [6.45, 7) is 4.28. The number of ketones is 1. The molecule has 0 bridgehead atoms. The Kier molecular flexibility index (Phi) is 7.87. The lowest BCUT2D eigenvalue weighted by molar-refractivity contribution is -0.166. The number of benzene rings is 1. The Labute approximate surface area is 207 Å². The molecule has 0 unspecified atom stereocenters. The second kappa shape index (κ2) is 10.7. The van der Waals surface area contributed by atoms with Crippen LogP contribution in [0.4, 0.5) is 19.1 Å². The second-order valence-corrected chi connectivity index (χ2v) is 7.87. The van der Waals surface area contributed by atoms with Gasteiger partial charge >= 0.3 is 6.18 Å². The summed E-state index contributed by atoms with van der Waals surface area (Å²) in [7, 11) is 0. The minimum Gasteiger partial charge on any atom is -0.385 e. The average molecular weight is 527 g/mol. The van der Waals surface area contributed by atoms with E-state index in [4.69, 9.17) is 34.7 Å². The van der Waals surface area contributed by atoms with E-state index in [0.717, 1.165) is 12.2 Å². The Morgan fingerprint density at radius 2 is 1.91 bits per heavy atom. The van der Waals surface area contributed by atoms with Crippen LogP contribution in [-0.2, 0) is 4.79 Å². The molecule has 2 aromatic heterocycles. The van der Waals surface area contributed by atoms with Gasteiger partial charge in [-0.1, -0.05) is 29.8 Å². The molecule has 0 aliphatic heterocycles. The van der Waals surface area contributed by atoms with E-state index in [2.05, 4.69) is 32.3 Å². The van der Waals surface area contributed by atoms with Crippen LogP contribution in [0, 0.1) is 0 Å². The Morgan fingerprint density at radius 1 is 1.17 bits per heavy atom. The van der Waals surface area contributed by atoms with E-state index < -0.39 is 23.4 Å². The highest BCUT2D eigenvalue weighted by atomic mass is 35.5. The molecule has 0 aliphatic carbocycles. The van der Waals surface area contributed by atoms with Crippen LogP contribution < -0.4 is 22.1 Å². The fourth-order valence-corrected chi connectivity index (χ4v) is 3.38. The maximum Gasteiger partial charge on any atom is 0.455 e. The molecule has 0 amide bonds. The number of hydrogen-bond acceptors (Lipinski definition) is 8. The summed E-state index contributed by atoms with van der Waals surface area (Å²) in [6, 6.07) is 6.75. The zero-order valence-corrected chi connectivity index (χ0v) is 19.4. The number of aromatic nitrogens is 4. The van der Waals surface area contributed by atoms with Crippen molar-refractivity contribution in [2.75, 3.05) is 18.4 Å². The molecule has 0 atom stereocenters. The predicted molar refractivity (Wildman–Crippen MR) is 127 cm³/mol. The molecule has 184 valence electrons. The molecule has 3 rings (SSSR count). The largest absolute Gasteiger partial charge is 0.455 e. The molecule has 0 radical (unpaired) electrons. The van der Waals surface area contributed by atoms with Gasteiger partial charge in [0.1, 0.15) is 12.1 Å². The summed E-state index contributed by atoms with van der Waals surface area (Å²) in [4.78, 5) is 20.1. The smallest absolute Gasteiger partial charge is 0.385 e. The average Bonchev–Trinajstić information content (AvgIpc) is 3.24. The number of rotatable bonds is 9. The zero-order chi connectivity index (χ0) is 25.8. The van der Waals surface area contributed by atoms with Crippen LogP contribution in [-0.4, -0.2) is 44.6 Å². The van der Waals surface area contributed by atoms with E-state index in [0.29, 0.717) is 39.4 Å². The van der Waals surface area contributed by atoms with Gasteiger partial charge in [-0.05, 0) is 30.4 Å². The molecule has 0 saturated heterocycles. The van der Waals surface area contributed by atoms with Crippen molar-refractivity contribution < 1.29 is 18.0 Å². The monoisotopic (exact) mass is 526 g/mol. The first-order valence-electron chi connectivity index (χ1n) is 9.85. The number of hydrogen-bond donors (Lipinski definition) is 4. The van der Waals surface area contributed by atoms with Crippen LogP contribution in [0.25, 0.3) is 16.9 Å². The first kappa shape index (κ1) is 25.8. The van der Waals surface area contributed by atoms with E-state index >= 15 is 0 Å². The molecule has 9 nitrogen and oxygen atoms in total. The molecule has 35 heavy (non-hydrogen) atoms. The predicted octanol–water partition coefficient (Wildman–Crippen LogP) is 3.43. The standard InChI is InChI=1S/C21H19Cl2F3N8O/c1-11(2-4-14(19(27)28)18(35)21(24,25)26)29-6-7-30-20-33-16(9-17-31-10-32-34(17)20)13-5-3-12(22)8-15(13)23/h2-5,8-10,29H,1,6-7,27-28H2,(H,30,33)/b4-2-. The molecular weight excluding hydrogens is 508 g/mol. The molecule has 0 fully saturated rings. The van der Waals surface area contributed by atoms with E-state index in [1.54, 1.807) is 24.3 Å². The fraction of sp³-hybridized carbons (Fsp3) is 0.143. The van der Waals surface area contributed by atoms with Crippen molar-refractivity contribution in [3.8, 4) is 11.3 Å². The number of halogens is 5. The SMILES string of the molecule is C=C(/C=C\C(C(=O)C(F)(F)F)=C(N)N)NCCNc1nc(-c2ccc(Cl)cc2Cl)cc2ncnn12. The number of Topliss-reactive ketones (excluding diaryl/α,β-unsaturated/α-hetero) is 1. The third kappa shape index (κ3) is 6.43. The lowest BCUT2D eigenvalue weighted by Gasteiger charge is -2.12. The number of nitrogens with one attached hydrogen (secondary N) is 2. The van der Waals surface area contributed by atoms with E-state index in [1.807, 2.05) is 0 Å². The number of carbonyl (C=O) groups is 1. The normalized spacial score (nSPS) is 11.6. The van der Waals surface area contributed by atoms with Gasteiger partial charge < -0.3 is 22.1 Å². The van der Waals surface area contributed by atoms with Crippen molar-refractivity contribution >= 4 is 40.6 Å². The van der Waals surface area contributed by atoms with Gasteiger partial charge in [0.15, 0.2) is 5.65 Å². The molecule has 2 heterocycles. The quantitative estimate of drug-likeness (QED) is 0.189. The third-order valence-electron chi connectivity index (χ3n) is 4.50. The van der Waals surface area contributed by atoms with E-state index in [-0.39, 0.29) is 12.2 Å². The van der Waals surface area contributed by atoms with Gasteiger partial charge in [0.2, 0.25) is 5.95 Å². The number of alkyl halides is 3. The van der Waals surface area contributed by atoms with Crippen molar-refractivity contribution in [3.63, 3.8) is 0 Å². The maximum atomic E-state index is 12.7. The van der Waals surface area contributed by atoms with Gasteiger partial charge in [-0.15, -0.1) is 0 Å². The summed E-state index contributed by atoms with van der Waals surface area (Å²) in [6.07, 6.45) is -1.72. The summed E-state index contributed by atoms with van der Waals surface area (Å²) < 4.78 is 39.4. The Bertz CT molecular complexity index is 1330. The topological polar surface area (TPSA) is 136 Å². The maximum absolute atomic E-state index is 12.7. The van der Waals surface area contributed by atoms with Gasteiger partial charge in [0.05, 0.1) is 16.3 Å².